The molecule has 3 aromatic rings. The van der Waals surface area contributed by atoms with Crippen LogP contribution in [0, 0.1) is 13.8 Å². The van der Waals surface area contributed by atoms with Gasteiger partial charge in [0.15, 0.2) is 11.5 Å². The van der Waals surface area contributed by atoms with Gasteiger partial charge in [-0.15, -0.1) is 0 Å². The fraction of sp³-hybridized carbons (Fsp3) is 0.227. The Labute approximate surface area is 168 Å². The highest BCUT2D eigenvalue weighted by Crippen LogP contribution is 2.23. The van der Waals surface area contributed by atoms with E-state index in [2.05, 4.69) is 15.2 Å². The summed E-state index contributed by atoms with van der Waals surface area (Å²) in [6, 6.07) is 14.3. The Morgan fingerprint density at radius 1 is 1.07 bits per heavy atom. The lowest BCUT2D eigenvalue weighted by Gasteiger charge is -2.09. The molecule has 29 heavy (non-hydrogen) atoms. The van der Waals surface area contributed by atoms with E-state index >= 15 is 0 Å². The van der Waals surface area contributed by atoms with Gasteiger partial charge in [0.05, 0.1) is 12.7 Å². The number of hydrogen-bond acceptors (Lipinski definition) is 6. The molecule has 0 aliphatic rings. The molecule has 7 heteroatoms. The molecule has 0 atom stereocenters. The summed E-state index contributed by atoms with van der Waals surface area (Å²) in [5.41, 5.74) is 3.53. The maximum absolute atomic E-state index is 12.3. The molecule has 0 unspecified atom stereocenters. The zero-order valence-corrected chi connectivity index (χ0v) is 16.5. The molecule has 0 aliphatic heterocycles. The monoisotopic (exact) mass is 394 g/mol. The van der Waals surface area contributed by atoms with Gasteiger partial charge in [-0.2, -0.15) is 0 Å². The summed E-state index contributed by atoms with van der Waals surface area (Å²) in [5.74, 6) is 0.494. The lowest BCUT2D eigenvalue weighted by molar-refractivity contribution is 0.0600. The van der Waals surface area contributed by atoms with E-state index in [0.717, 1.165) is 22.4 Å². The highest BCUT2D eigenvalue weighted by atomic mass is 16.5. The molecule has 0 fully saturated rings. The van der Waals surface area contributed by atoms with Crippen molar-refractivity contribution < 1.29 is 23.6 Å². The highest BCUT2D eigenvalue weighted by Gasteiger charge is 2.14. The number of nitrogens with one attached hydrogen (secondary N) is 1. The summed E-state index contributed by atoms with van der Waals surface area (Å²) in [6.45, 7) is 4.42. The second-order valence-corrected chi connectivity index (χ2v) is 6.56. The average Bonchev–Trinajstić information content (AvgIpc) is 3.20. The summed E-state index contributed by atoms with van der Waals surface area (Å²) < 4.78 is 15.7. The number of rotatable bonds is 7. The number of carbonyl (C=O) groups excluding carboxylic acids is 2. The first-order chi connectivity index (χ1) is 14.0. The first kappa shape index (κ1) is 20.1. The molecule has 1 heterocycles. The van der Waals surface area contributed by atoms with Gasteiger partial charge in [-0.25, -0.2) is 4.79 Å². The fourth-order valence-electron chi connectivity index (χ4n) is 2.81. The van der Waals surface area contributed by atoms with Gasteiger partial charge in [0.25, 0.3) is 5.91 Å². The maximum Gasteiger partial charge on any atom is 0.337 e. The van der Waals surface area contributed by atoms with Crippen LogP contribution in [0.15, 0.2) is 53.1 Å². The Balaban J connectivity index is 1.54. The zero-order chi connectivity index (χ0) is 20.8. The number of benzene rings is 2. The Morgan fingerprint density at radius 2 is 1.76 bits per heavy atom. The number of esters is 1. The van der Waals surface area contributed by atoms with Gasteiger partial charge < -0.3 is 19.3 Å². The Morgan fingerprint density at radius 3 is 2.41 bits per heavy atom. The molecule has 2 aromatic carbocycles. The number of aromatic nitrogens is 1. The van der Waals surface area contributed by atoms with Crippen LogP contribution in [0.4, 0.5) is 0 Å². The number of ether oxygens (including phenoxy) is 2. The van der Waals surface area contributed by atoms with Gasteiger partial charge in [-0.3, -0.25) is 4.79 Å². The predicted molar refractivity (Wildman–Crippen MR) is 106 cm³/mol. The number of aryl methyl sites for hydroxylation is 2. The first-order valence-electron chi connectivity index (χ1n) is 9.08. The highest BCUT2D eigenvalue weighted by molar-refractivity contribution is 5.92. The topological polar surface area (TPSA) is 90.7 Å². The quantitative estimate of drug-likeness (QED) is 0.616. The third-order valence-corrected chi connectivity index (χ3v) is 4.39. The van der Waals surface area contributed by atoms with Gasteiger partial charge in [0.2, 0.25) is 0 Å². The molecule has 7 nitrogen and oxygen atoms in total. The van der Waals surface area contributed by atoms with Gasteiger partial charge in [-0.1, -0.05) is 35.5 Å². The van der Waals surface area contributed by atoms with Crippen LogP contribution in [-0.4, -0.2) is 24.1 Å². The number of amides is 1. The molecule has 0 aliphatic carbocycles. The van der Waals surface area contributed by atoms with Crippen LogP contribution in [0.1, 0.15) is 43.3 Å². The van der Waals surface area contributed by atoms with Crippen molar-refractivity contribution in [1.29, 1.82) is 0 Å². The van der Waals surface area contributed by atoms with Crippen LogP contribution in [0.25, 0.3) is 0 Å². The van der Waals surface area contributed by atoms with Gasteiger partial charge >= 0.3 is 5.97 Å². The first-order valence-corrected chi connectivity index (χ1v) is 9.08. The SMILES string of the molecule is COC(=O)c1ccc(CNC(=O)c2cc(COc3c(C)cccc3C)on2)cc1. The normalized spacial score (nSPS) is 10.4. The summed E-state index contributed by atoms with van der Waals surface area (Å²) in [4.78, 5) is 23.7. The molecule has 0 saturated heterocycles. The van der Waals surface area contributed by atoms with Crippen LogP contribution < -0.4 is 10.1 Å². The third kappa shape index (κ3) is 5.01. The van der Waals surface area contributed by atoms with E-state index in [1.54, 1.807) is 30.3 Å². The minimum Gasteiger partial charge on any atom is -0.485 e. The summed E-state index contributed by atoms with van der Waals surface area (Å²) in [7, 11) is 1.33. The number of hydrogen-bond donors (Lipinski definition) is 1. The molecule has 150 valence electrons. The molecule has 1 amide bonds. The number of para-hydroxylation sites is 1. The lowest BCUT2D eigenvalue weighted by atomic mass is 10.1. The zero-order valence-electron chi connectivity index (χ0n) is 16.5. The van der Waals surface area contributed by atoms with E-state index in [9.17, 15) is 9.59 Å². The van der Waals surface area contributed by atoms with Crippen molar-refractivity contribution in [1.82, 2.24) is 10.5 Å². The minimum atomic E-state index is -0.404. The molecule has 0 saturated carbocycles. The van der Waals surface area contributed by atoms with Crippen molar-refractivity contribution in [2.45, 2.75) is 27.0 Å². The van der Waals surface area contributed by atoms with Crippen molar-refractivity contribution in [3.05, 3.63) is 82.2 Å². The smallest absolute Gasteiger partial charge is 0.337 e. The Bertz CT molecular complexity index is 988. The lowest BCUT2D eigenvalue weighted by Crippen LogP contribution is -2.23. The Kier molecular flexibility index (Phi) is 6.29. The van der Waals surface area contributed by atoms with E-state index in [-0.39, 0.29) is 18.2 Å². The summed E-state index contributed by atoms with van der Waals surface area (Å²) >= 11 is 0. The van der Waals surface area contributed by atoms with Crippen LogP contribution in [0.3, 0.4) is 0 Å². The molecule has 0 bridgehead atoms. The molecular weight excluding hydrogens is 372 g/mol. The number of nitrogens with zero attached hydrogens (tertiary/aromatic N) is 1. The van der Waals surface area contributed by atoms with E-state index in [1.165, 1.54) is 7.11 Å². The maximum atomic E-state index is 12.3. The van der Waals surface area contributed by atoms with Gasteiger partial charge in [0, 0.05) is 12.6 Å². The second kappa shape index (κ2) is 9.05. The van der Waals surface area contributed by atoms with Crippen molar-refractivity contribution in [3.8, 4) is 5.75 Å². The summed E-state index contributed by atoms with van der Waals surface area (Å²) in [6.07, 6.45) is 0. The third-order valence-electron chi connectivity index (χ3n) is 4.39. The molecule has 3 rings (SSSR count). The number of carbonyl (C=O) groups is 2. The van der Waals surface area contributed by atoms with Crippen molar-refractivity contribution in [2.24, 2.45) is 0 Å². The predicted octanol–water partition coefficient (Wildman–Crippen LogP) is 3.59. The fourth-order valence-corrected chi connectivity index (χ4v) is 2.81. The van der Waals surface area contributed by atoms with E-state index in [0.29, 0.717) is 17.9 Å². The molecule has 0 radical (unpaired) electrons. The van der Waals surface area contributed by atoms with E-state index in [1.807, 2.05) is 32.0 Å². The van der Waals surface area contributed by atoms with Crippen LogP contribution >= 0.6 is 0 Å². The second-order valence-electron chi connectivity index (χ2n) is 6.56. The van der Waals surface area contributed by atoms with Crippen LogP contribution in [0.5, 0.6) is 5.75 Å². The van der Waals surface area contributed by atoms with Crippen LogP contribution in [0.2, 0.25) is 0 Å². The Hall–Kier alpha value is -3.61. The minimum absolute atomic E-state index is 0.177. The van der Waals surface area contributed by atoms with Crippen LogP contribution in [-0.2, 0) is 17.9 Å². The average molecular weight is 394 g/mol. The summed E-state index contributed by atoms with van der Waals surface area (Å²) in [5, 5.41) is 6.57. The number of methoxy groups -OCH3 is 1. The van der Waals surface area contributed by atoms with E-state index < -0.39 is 5.97 Å². The van der Waals surface area contributed by atoms with Crippen molar-refractivity contribution in [2.75, 3.05) is 7.11 Å². The molecule has 1 aromatic heterocycles. The van der Waals surface area contributed by atoms with Gasteiger partial charge in [0.1, 0.15) is 12.4 Å². The molecule has 1 N–H and O–H groups in total. The largest absolute Gasteiger partial charge is 0.485 e. The van der Waals surface area contributed by atoms with Crippen molar-refractivity contribution >= 4 is 11.9 Å². The van der Waals surface area contributed by atoms with Gasteiger partial charge in [-0.05, 0) is 42.7 Å². The van der Waals surface area contributed by atoms with Crippen molar-refractivity contribution in [3.63, 3.8) is 0 Å². The molecular formula is C22H22N2O5. The molecule has 0 spiro atoms. The van der Waals surface area contributed by atoms with E-state index in [4.69, 9.17) is 9.26 Å². The standard InChI is InChI=1S/C22H22N2O5/c1-14-5-4-6-15(2)20(14)28-13-18-11-19(24-29-18)21(25)23-12-16-7-9-17(10-8-16)22(26)27-3/h4-11H,12-13H2,1-3H3,(H,23,25).